The maximum atomic E-state index is 13.1. The Hall–Kier alpha value is -3.67. The van der Waals surface area contributed by atoms with E-state index in [9.17, 15) is 19.5 Å². The fraction of sp³-hybridized carbons (Fsp3) is 0.0952. The van der Waals surface area contributed by atoms with E-state index in [1.807, 2.05) is 6.07 Å². The quantitative estimate of drug-likeness (QED) is 0.696. The van der Waals surface area contributed by atoms with Gasteiger partial charge in [-0.1, -0.05) is 48.5 Å². The van der Waals surface area contributed by atoms with E-state index < -0.39 is 17.2 Å². The van der Waals surface area contributed by atoms with E-state index in [1.54, 1.807) is 48.5 Å². The van der Waals surface area contributed by atoms with Crippen LogP contribution in [0.15, 0.2) is 65.0 Å². The van der Waals surface area contributed by atoms with Crippen LogP contribution >= 0.6 is 0 Å². The lowest BCUT2D eigenvalue weighted by Crippen LogP contribution is -2.28. The summed E-state index contributed by atoms with van der Waals surface area (Å²) in [4.78, 5) is 37.4. The molecule has 3 aromatic rings. The van der Waals surface area contributed by atoms with Gasteiger partial charge in [0.2, 0.25) is 5.91 Å². The number of carbonyl (C=O) groups excluding carboxylic acids is 2. The van der Waals surface area contributed by atoms with Crippen LogP contribution in [0.4, 0.5) is 0 Å². The summed E-state index contributed by atoms with van der Waals surface area (Å²) in [6, 6.07) is 15.8. The lowest BCUT2D eigenvalue weighted by Gasteiger charge is -2.14. The number of primary amides is 1. The predicted octanol–water partition coefficient (Wildman–Crippen LogP) is 2.19. The number of ketones is 1. The number of hydrogen-bond donors (Lipinski definition) is 2. The summed E-state index contributed by atoms with van der Waals surface area (Å²) in [5.41, 5.74) is 6.51. The van der Waals surface area contributed by atoms with Gasteiger partial charge in [-0.2, -0.15) is 0 Å². The normalized spacial score (nSPS) is 13.0. The number of fused-ring (bicyclic) bond motifs is 3. The standard InChI is InChI=1S/C21H16N2O4/c22-20(26)15-10-14-13-8-4-5-9-16(13)23(21(27)18(14)19(15)25)11-17(24)12-6-2-1-3-7-12/h1-9,25H,10-11H2,(H2,22,26). The van der Waals surface area contributed by atoms with Crippen molar-refractivity contribution in [3.8, 4) is 0 Å². The summed E-state index contributed by atoms with van der Waals surface area (Å²) in [6.45, 7) is -0.171. The molecule has 27 heavy (non-hydrogen) atoms. The first-order valence-corrected chi connectivity index (χ1v) is 8.44. The number of benzene rings is 2. The Balaban J connectivity index is 1.93. The van der Waals surface area contributed by atoms with Gasteiger partial charge >= 0.3 is 0 Å². The van der Waals surface area contributed by atoms with Crippen LogP contribution in [0.1, 0.15) is 21.5 Å². The molecule has 134 valence electrons. The van der Waals surface area contributed by atoms with Gasteiger partial charge in [0.1, 0.15) is 5.76 Å². The van der Waals surface area contributed by atoms with Gasteiger partial charge in [-0.05, 0) is 11.6 Å². The minimum absolute atomic E-state index is 0.0133. The van der Waals surface area contributed by atoms with E-state index in [-0.39, 0.29) is 29.9 Å². The topological polar surface area (TPSA) is 102 Å². The van der Waals surface area contributed by atoms with E-state index in [2.05, 4.69) is 0 Å². The van der Waals surface area contributed by atoms with Gasteiger partial charge in [-0.25, -0.2) is 0 Å². The molecule has 1 aliphatic rings. The maximum Gasteiger partial charge on any atom is 0.262 e. The SMILES string of the molecule is NC(=O)C1=C(O)c2c(c3ccccc3n(CC(=O)c3ccccc3)c2=O)C1. The first-order valence-electron chi connectivity index (χ1n) is 8.44. The van der Waals surface area contributed by atoms with Gasteiger partial charge in [0.15, 0.2) is 5.78 Å². The van der Waals surface area contributed by atoms with Gasteiger partial charge in [0.25, 0.3) is 5.56 Å². The number of Topliss-reactive ketones (excluding diaryl/α,β-unsaturated/α-hetero) is 1. The Morgan fingerprint density at radius 2 is 1.70 bits per heavy atom. The first kappa shape index (κ1) is 16.8. The highest BCUT2D eigenvalue weighted by Crippen LogP contribution is 2.33. The Morgan fingerprint density at radius 3 is 2.41 bits per heavy atom. The molecule has 4 rings (SSSR count). The third kappa shape index (κ3) is 2.62. The molecule has 1 aromatic heterocycles. The molecule has 2 aromatic carbocycles. The van der Waals surface area contributed by atoms with Crippen molar-refractivity contribution in [3.05, 3.63) is 87.2 Å². The molecular weight excluding hydrogens is 344 g/mol. The fourth-order valence-corrected chi connectivity index (χ4v) is 3.53. The van der Waals surface area contributed by atoms with Crippen LogP contribution in [-0.4, -0.2) is 21.4 Å². The number of carbonyl (C=O) groups is 2. The molecule has 3 N–H and O–H groups in total. The highest BCUT2D eigenvalue weighted by atomic mass is 16.3. The van der Waals surface area contributed by atoms with Crippen molar-refractivity contribution in [1.82, 2.24) is 4.57 Å². The lowest BCUT2D eigenvalue weighted by atomic mass is 10.0. The van der Waals surface area contributed by atoms with Crippen molar-refractivity contribution in [2.75, 3.05) is 0 Å². The number of aliphatic hydroxyl groups is 1. The zero-order valence-corrected chi connectivity index (χ0v) is 14.3. The molecule has 0 radical (unpaired) electrons. The summed E-state index contributed by atoms with van der Waals surface area (Å²) in [7, 11) is 0. The number of rotatable bonds is 4. The van der Waals surface area contributed by atoms with Gasteiger partial charge in [0, 0.05) is 17.4 Å². The lowest BCUT2D eigenvalue weighted by molar-refractivity contribution is -0.114. The molecule has 0 atom stereocenters. The second kappa shape index (κ2) is 6.25. The highest BCUT2D eigenvalue weighted by Gasteiger charge is 2.31. The minimum Gasteiger partial charge on any atom is -0.507 e. The maximum absolute atomic E-state index is 13.1. The number of hydrogen-bond acceptors (Lipinski definition) is 4. The van der Waals surface area contributed by atoms with Gasteiger partial charge < -0.3 is 10.8 Å². The smallest absolute Gasteiger partial charge is 0.262 e. The molecule has 1 heterocycles. The Kier molecular flexibility index (Phi) is 3.88. The molecule has 0 spiro atoms. The number of aromatic nitrogens is 1. The largest absolute Gasteiger partial charge is 0.507 e. The molecule has 0 bridgehead atoms. The molecule has 1 aliphatic carbocycles. The summed E-state index contributed by atoms with van der Waals surface area (Å²) < 4.78 is 1.34. The van der Waals surface area contributed by atoms with Crippen LogP contribution in [0.25, 0.3) is 16.7 Å². The van der Waals surface area contributed by atoms with Crippen LogP contribution in [0.3, 0.4) is 0 Å². The Morgan fingerprint density at radius 1 is 1.04 bits per heavy atom. The summed E-state index contributed by atoms with van der Waals surface area (Å²) in [5, 5.41) is 11.1. The van der Waals surface area contributed by atoms with Crippen molar-refractivity contribution in [3.63, 3.8) is 0 Å². The molecule has 6 nitrogen and oxygen atoms in total. The number of para-hydroxylation sites is 1. The van der Waals surface area contributed by atoms with Crippen molar-refractivity contribution >= 4 is 28.4 Å². The zero-order valence-electron chi connectivity index (χ0n) is 14.3. The summed E-state index contributed by atoms with van der Waals surface area (Å²) in [5.74, 6) is -1.38. The van der Waals surface area contributed by atoms with Crippen LogP contribution in [-0.2, 0) is 17.8 Å². The summed E-state index contributed by atoms with van der Waals surface area (Å²) in [6.07, 6.45) is 0.0969. The van der Waals surface area contributed by atoms with Gasteiger partial charge in [0.05, 0.1) is 23.2 Å². The average molecular weight is 360 g/mol. The van der Waals surface area contributed by atoms with E-state index in [4.69, 9.17) is 5.73 Å². The van der Waals surface area contributed by atoms with Crippen molar-refractivity contribution in [2.45, 2.75) is 13.0 Å². The monoisotopic (exact) mass is 360 g/mol. The molecular formula is C21H16N2O4. The average Bonchev–Trinajstić information content (AvgIpc) is 3.03. The first-order chi connectivity index (χ1) is 13.0. The molecule has 0 saturated heterocycles. The molecule has 1 amide bonds. The van der Waals surface area contributed by atoms with Crippen molar-refractivity contribution in [1.29, 1.82) is 0 Å². The predicted molar refractivity (Wildman–Crippen MR) is 101 cm³/mol. The highest BCUT2D eigenvalue weighted by molar-refractivity contribution is 6.04. The third-order valence-corrected chi connectivity index (χ3v) is 4.85. The van der Waals surface area contributed by atoms with Gasteiger partial charge in [-0.3, -0.25) is 19.0 Å². The number of aliphatic hydroxyl groups excluding tert-OH is 1. The number of pyridine rings is 1. The Labute approximate surface area is 154 Å². The third-order valence-electron chi connectivity index (χ3n) is 4.85. The van der Waals surface area contributed by atoms with E-state index in [0.29, 0.717) is 22.0 Å². The van der Waals surface area contributed by atoms with Gasteiger partial charge in [-0.15, -0.1) is 0 Å². The minimum atomic E-state index is -0.765. The second-order valence-corrected chi connectivity index (χ2v) is 6.42. The van der Waals surface area contributed by atoms with E-state index >= 15 is 0 Å². The van der Waals surface area contributed by atoms with Crippen molar-refractivity contribution in [2.24, 2.45) is 5.73 Å². The Bertz CT molecular complexity index is 1190. The number of nitrogens with zero attached hydrogens (tertiary/aromatic N) is 1. The van der Waals surface area contributed by atoms with Crippen LogP contribution < -0.4 is 11.3 Å². The summed E-state index contributed by atoms with van der Waals surface area (Å²) >= 11 is 0. The zero-order chi connectivity index (χ0) is 19.1. The second-order valence-electron chi connectivity index (χ2n) is 6.42. The van der Waals surface area contributed by atoms with E-state index in [1.165, 1.54) is 4.57 Å². The number of amides is 1. The molecule has 0 fully saturated rings. The molecule has 0 saturated carbocycles. The van der Waals surface area contributed by atoms with Crippen molar-refractivity contribution < 1.29 is 14.7 Å². The van der Waals surface area contributed by atoms with Crippen LogP contribution in [0.5, 0.6) is 0 Å². The van der Waals surface area contributed by atoms with Crippen LogP contribution in [0.2, 0.25) is 0 Å². The number of nitrogens with two attached hydrogens (primary N) is 1. The van der Waals surface area contributed by atoms with E-state index in [0.717, 1.165) is 0 Å². The van der Waals surface area contributed by atoms with Crippen LogP contribution in [0, 0.1) is 0 Å². The molecule has 0 aliphatic heterocycles. The molecule has 6 heteroatoms. The fourth-order valence-electron chi connectivity index (χ4n) is 3.53. The molecule has 0 unspecified atom stereocenters.